The second-order valence-corrected chi connectivity index (χ2v) is 7.23. The molecule has 3 N–H and O–H groups in total. The minimum atomic E-state index is -4.04. The summed E-state index contributed by atoms with van der Waals surface area (Å²) < 4.78 is 32.8. The predicted molar refractivity (Wildman–Crippen MR) is 99.7 cm³/mol. The van der Waals surface area contributed by atoms with Crippen LogP contribution in [0.1, 0.15) is 27.6 Å². The van der Waals surface area contributed by atoms with Gasteiger partial charge in [-0.2, -0.15) is 0 Å². The lowest BCUT2D eigenvalue weighted by atomic mass is 10.1. The molecule has 0 fully saturated rings. The molecule has 0 bridgehead atoms. The van der Waals surface area contributed by atoms with Gasteiger partial charge in [0, 0.05) is 11.3 Å². The Kier molecular flexibility index (Phi) is 6.49. The number of amides is 1. The van der Waals surface area contributed by atoms with Crippen LogP contribution >= 0.6 is 0 Å². The number of hydrogen-bond donors (Lipinski definition) is 2. The maximum absolute atomic E-state index is 12.2. The number of benzene rings is 2. The van der Waals surface area contributed by atoms with Crippen molar-refractivity contribution < 1.29 is 32.3 Å². The van der Waals surface area contributed by atoms with Crippen LogP contribution in [0.4, 0.5) is 5.69 Å². The summed E-state index contributed by atoms with van der Waals surface area (Å²) in [7, 11) is -2.75. The zero-order chi connectivity index (χ0) is 20.9. The average Bonchev–Trinajstić information content (AvgIpc) is 2.65. The average molecular weight is 406 g/mol. The molecule has 2 aromatic carbocycles. The van der Waals surface area contributed by atoms with Gasteiger partial charge in [0.1, 0.15) is 11.3 Å². The highest BCUT2D eigenvalue weighted by Gasteiger charge is 2.19. The van der Waals surface area contributed by atoms with Crippen LogP contribution in [0.25, 0.3) is 0 Å². The summed E-state index contributed by atoms with van der Waals surface area (Å²) >= 11 is 0. The lowest BCUT2D eigenvalue weighted by molar-refractivity contribution is -0.119. The normalized spacial score (nSPS) is 10.8. The Morgan fingerprint density at radius 2 is 1.82 bits per heavy atom. The third-order valence-electron chi connectivity index (χ3n) is 3.61. The van der Waals surface area contributed by atoms with Crippen molar-refractivity contribution in [3.8, 4) is 5.75 Å². The Morgan fingerprint density at radius 1 is 1.11 bits per heavy atom. The van der Waals surface area contributed by atoms with E-state index in [1.807, 2.05) is 0 Å². The number of ether oxygens (including phenoxy) is 2. The molecule has 0 spiro atoms. The number of anilines is 1. The van der Waals surface area contributed by atoms with E-state index in [4.69, 9.17) is 14.6 Å². The highest BCUT2D eigenvalue weighted by molar-refractivity contribution is 7.89. The molecule has 28 heavy (non-hydrogen) atoms. The number of esters is 1. The first kappa shape index (κ1) is 21.1. The fourth-order valence-electron chi connectivity index (χ4n) is 2.25. The molecule has 0 heterocycles. The summed E-state index contributed by atoms with van der Waals surface area (Å²) in [6.07, 6.45) is 0. The van der Waals surface area contributed by atoms with Crippen LogP contribution in [0.5, 0.6) is 5.75 Å². The van der Waals surface area contributed by atoms with Crippen LogP contribution in [0, 0.1) is 0 Å². The largest absolute Gasteiger partial charge is 0.496 e. The van der Waals surface area contributed by atoms with Crippen molar-refractivity contribution in [3.05, 3.63) is 53.6 Å². The van der Waals surface area contributed by atoms with Gasteiger partial charge in [0.25, 0.3) is 5.91 Å². The Bertz CT molecular complexity index is 1030. The van der Waals surface area contributed by atoms with Crippen molar-refractivity contribution in [3.63, 3.8) is 0 Å². The molecule has 0 aliphatic rings. The standard InChI is InChI=1S/C18H18N2O7S/c1-11(21)12-4-3-5-13(8-12)20-17(22)10-27-18(23)15-9-14(28(19,24)25)6-7-16(15)26-2/h3-9H,10H2,1-2H3,(H,20,22)(H2,19,24,25). The molecule has 0 atom stereocenters. The van der Waals surface area contributed by atoms with Crippen LogP contribution in [-0.4, -0.2) is 39.8 Å². The van der Waals surface area contributed by atoms with Gasteiger partial charge in [-0.25, -0.2) is 18.4 Å². The lowest BCUT2D eigenvalue weighted by Crippen LogP contribution is -2.21. The molecule has 0 radical (unpaired) electrons. The Balaban J connectivity index is 2.08. The van der Waals surface area contributed by atoms with Gasteiger partial charge in [-0.05, 0) is 37.3 Å². The van der Waals surface area contributed by atoms with Gasteiger partial charge < -0.3 is 14.8 Å². The predicted octanol–water partition coefficient (Wildman–Crippen LogP) is 1.34. The number of primary sulfonamides is 1. The molecule has 2 aromatic rings. The van der Waals surface area contributed by atoms with Crippen LogP contribution in [0.3, 0.4) is 0 Å². The second-order valence-electron chi connectivity index (χ2n) is 5.67. The van der Waals surface area contributed by atoms with Crippen LogP contribution in [0.2, 0.25) is 0 Å². The molecule has 148 valence electrons. The van der Waals surface area contributed by atoms with Crippen molar-refractivity contribution in [2.24, 2.45) is 5.14 Å². The summed E-state index contributed by atoms with van der Waals surface area (Å²) in [4.78, 5) is 35.3. The minimum absolute atomic E-state index is 0.0620. The number of methoxy groups -OCH3 is 1. The molecule has 2 rings (SSSR count). The molecule has 0 aliphatic heterocycles. The fourth-order valence-corrected chi connectivity index (χ4v) is 2.79. The first-order valence-electron chi connectivity index (χ1n) is 7.90. The van der Waals surface area contributed by atoms with E-state index in [2.05, 4.69) is 5.32 Å². The van der Waals surface area contributed by atoms with Crippen molar-refractivity contribution in [2.45, 2.75) is 11.8 Å². The van der Waals surface area contributed by atoms with E-state index in [0.29, 0.717) is 11.3 Å². The van der Waals surface area contributed by atoms with Crippen molar-refractivity contribution in [1.82, 2.24) is 0 Å². The SMILES string of the molecule is COc1ccc(S(N)(=O)=O)cc1C(=O)OCC(=O)Nc1cccc(C(C)=O)c1. The molecular formula is C18H18N2O7S. The number of carbonyl (C=O) groups excluding carboxylic acids is 3. The lowest BCUT2D eigenvalue weighted by Gasteiger charge is -2.10. The molecule has 0 aliphatic carbocycles. The molecule has 0 saturated carbocycles. The molecule has 0 saturated heterocycles. The van der Waals surface area contributed by atoms with Gasteiger partial charge in [0.2, 0.25) is 10.0 Å². The Labute approximate surface area is 161 Å². The number of nitrogens with two attached hydrogens (primary N) is 1. The van der Waals surface area contributed by atoms with Crippen LogP contribution < -0.4 is 15.2 Å². The second kappa shape index (κ2) is 8.63. The van der Waals surface area contributed by atoms with Gasteiger partial charge in [-0.15, -0.1) is 0 Å². The third kappa shape index (κ3) is 5.38. The van der Waals surface area contributed by atoms with E-state index >= 15 is 0 Å². The zero-order valence-electron chi connectivity index (χ0n) is 15.1. The minimum Gasteiger partial charge on any atom is -0.496 e. The van der Waals surface area contributed by atoms with E-state index < -0.39 is 28.5 Å². The van der Waals surface area contributed by atoms with Gasteiger partial charge in [0.05, 0.1) is 12.0 Å². The van der Waals surface area contributed by atoms with E-state index in [-0.39, 0.29) is 22.0 Å². The number of rotatable bonds is 7. The number of hydrogen-bond acceptors (Lipinski definition) is 7. The van der Waals surface area contributed by atoms with Crippen molar-refractivity contribution >= 4 is 33.4 Å². The molecular weight excluding hydrogens is 388 g/mol. The third-order valence-corrected chi connectivity index (χ3v) is 4.52. The van der Waals surface area contributed by atoms with Gasteiger partial charge in [-0.3, -0.25) is 9.59 Å². The quantitative estimate of drug-likeness (QED) is 0.522. The van der Waals surface area contributed by atoms with Gasteiger partial charge >= 0.3 is 5.97 Å². The maximum atomic E-state index is 12.2. The topological polar surface area (TPSA) is 142 Å². The smallest absolute Gasteiger partial charge is 0.342 e. The van der Waals surface area contributed by atoms with E-state index in [1.54, 1.807) is 18.2 Å². The summed E-state index contributed by atoms with van der Waals surface area (Å²) in [6.45, 7) is 0.762. The molecule has 10 heteroatoms. The number of sulfonamides is 1. The van der Waals surface area contributed by atoms with Crippen LogP contribution in [0.15, 0.2) is 47.4 Å². The summed E-state index contributed by atoms with van der Waals surface area (Å²) in [5.41, 5.74) is 0.585. The number of nitrogens with one attached hydrogen (secondary N) is 1. The molecule has 0 aromatic heterocycles. The summed E-state index contributed by atoms with van der Waals surface area (Å²) in [6, 6.07) is 9.70. The maximum Gasteiger partial charge on any atom is 0.342 e. The molecule has 1 amide bonds. The Morgan fingerprint density at radius 3 is 2.43 bits per heavy atom. The number of carbonyl (C=O) groups is 3. The van der Waals surface area contributed by atoms with Crippen molar-refractivity contribution in [2.75, 3.05) is 19.0 Å². The highest BCUT2D eigenvalue weighted by Crippen LogP contribution is 2.22. The van der Waals surface area contributed by atoms with E-state index in [1.165, 1.54) is 32.2 Å². The van der Waals surface area contributed by atoms with E-state index in [0.717, 1.165) is 6.07 Å². The van der Waals surface area contributed by atoms with Gasteiger partial charge in [-0.1, -0.05) is 12.1 Å². The highest BCUT2D eigenvalue weighted by atomic mass is 32.2. The zero-order valence-corrected chi connectivity index (χ0v) is 15.9. The van der Waals surface area contributed by atoms with Crippen molar-refractivity contribution in [1.29, 1.82) is 0 Å². The summed E-state index contributed by atoms with van der Waals surface area (Å²) in [5, 5.41) is 7.54. The first-order chi connectivity index (χ1) is 13.1. The van der Waals surface area contributed by atoms with Gasteiger partial charge in [0.15, 0.2) is 12.4 Å². The molecule has 9 nitrogen and oxygen atoms in total. The molecule has 0 unspecified atom stereocenters. The summed E-state index contributed by atoms with van der Waals surface area (Å²) in [5.74, 6) is -1.71. The number of ketones is 1. The monoisotopic (exact) mass is 406 g/mol. The Hall–Kier alpha value is -3.24. The number of Topliss-reactive ketones (excluding diaryl/α,β-unsaturated/α-hetero) is 1. The van der Waals surface area contributed by atoms with E-state index in [9.17, 15) is 22.8 Å². The fraction of sp³-hybridized carbons (Fsp3) is 0.167. The first-order valence-corrected chi connectivity index (χ1v) is 9.45. The van der Waals surface area contributed by atoms with Crippen LogP contribution in [-0.2, 0) is 19.6 Å².